The Kier molecular flexibility index (Phi) is 5.19. The number of imidazole rings is 1. The number of aryl methyl sites for hydroxylation is 2. The Morgan fingerprint density at radius 3 is 2.75 bits per heavy atom. The minimum absolute atomic E-state index is 0.0283. The van der Waals surface area contributed by atoms with Gasteiger partial charge in [0, 0.05) is 43.9 Å². The van der Waals surface area contributed by atoms with Crippen molar-refractivity contribution in [3.8, 4) is 5.75 Å². The normalized spacial score (nSPS) is 18.1. The van der Waals surface area contributed by atoms with E-state index < -0.39 is 0 Å². The number of benzene rings is 1. The van der Waals surface area contributed by atoms with Gasteiger partial charge in [-0.25, -0.2) is 4.98 Å². The van der Waals surface area contributed by atoms with Crippen molar-refractivity contribution in [2.45, 2.75) is 38.7 Å². The summed E-state index contributed by atoms with van der Waals surface area (Å²) in [6, 6.07) is 11.4. The highest BCUT2D eigenvalue weighted by molar-refractivity contribution is 5.90. The lowest BCUT2D eigenvalue weighted by molar-refractivity contribution is -0.116. The summed E-state index contributed by atoms with van der Waals surface area (Å²) in [4.78, 5) is 16.4. The summed E-state index contributed by atoms with van der Waals surface area (Å²) in [5.74, 6) is 4.79. The van der Waals surface area contributed by atoms with Crippen molar-refractivity contribution in [2.24, 2.45) is 13.0 Å². The van der Waals surface area contributed by atoms with Gasteiger partial charge >= 0.3 is 0 Å². The van der Waals surface area contributed by atoms with Gasteiger partial charge in [0.15, 0.2) is 0 Å². The smallest absolute Gasteiger partial charge is 0.224 e. The molecule has 1 saturated carbocycles. The Labute approximate surface area is 164 Å². The van der Waals surface area contributed by atoms with Crippen molar-refractivity contribution in [3.63, 3.8) is 0 Å². The summed E-state index contributed by atoms with van der Waals surface area (Å²) in [5, 5.41) is 2.91. The summed E-state index contributed by atoms with van der Waals surface area (Å²) >= 11 is 0. The van der Waals surface area contributed by atoms with Crippen LogP contribution in [0.1, 0.15) is 43.0 Å². The van der Waals surface area contributed by atoms with Crippen LogP contribution in [-0.4, -0.2) is 15.5 Å². The number of hydrogen-bond acceptors (Lipinski definition) is 4. The van der Waals surface area contributed by atoms with Crippen molar-refractivity contribution in [3.05, 3.63) is 66.1 Å². The zero-order valence-electron chi connectivity index (χ0n) is 16.2. The van der Waals surface area contributed by atoms with Crippen LogP contribution < -0.4 is 10.1 Å². The predicted octanol–water partition coefficient (Wildman–Crippen LogP) is 4.29. The fourth-order valence-electron chi connectivity index (χ4n) is 3.22. The van der Waals surface area contributed by atoms with Gasteiger partial charge in [-0.15, -0.1) is 0 Å². The fourth-order valence-corrected chi connectivity index (χ4v) is 3.22. The van der Waals surface area contributed by atoms with Crippen LogP contribution in [0.3, 0.4) is 0 Å². The first kappa shape index (κ1) is 18.3. The number of rotatable bonds is 8. The average molecular weight is 379 g/mol. The maximum atomic E-state index is 12.2. The molecule has 0 saturated heterocycles. The Bertz CT molecular complexity index is 942. The van der Waals surface area contributed by atoms with Crippen molar-refractivity contribution < 1.29 is 13.9 Å². The van der Waals surface area contributed by atoms with E-state index in [2.05, 4.69) is 17.2 Å². The van der Waals surface area contributed by atoms with E-state index >= 15 is 0 Å². The number of carbonyl (C=O) groups is 1. The second-order valence-corrected chi connectivity index (χ2v) is 7.44. The average Bonchev–Trinajstić information content (AvgIpc) is 3.07. The van der Waals surface area contributed by atoms with E-state index in [0.29, 0.717) is 25.4 Å². The van der Waals surface area contributed by atoms with Gasteiger partial charge in [-0.2, -0.15) is 0 Å². The monoisotopic (exact) mass is 379 g/mol. The molecule has 6 nitrogen and oxygen atoms in total. The van der Waals surface area contributed by atoms with Gasteiger partial charge in [0.1, 0.15) is 29.7 Å². The number of carbonyl (C=O) groups excluding carboxylic acids is 1. The molecule has 2 atom stereocenters. The first-order valence-corrected chi connectivity index (χ1v) is 9.66. The molecule has 0 aliphatic heterocycles. The Balaban J connectivity index is 1.23. The molecule has 2 aromatic heterocycles. The number of aromatic nitrogens is 2. The van der Waals surface area contributed by atoms with Crippen molar-refractivity contribution >= 4 is 11.6 Å². The molecule has 0 spiro atoms. The van der Waals surface area contributed by atoms with Crippen LogP contribution in [0, 0.1) is 5.92 Å². The van der Waals surface area contributed by atoms with E-state index in [0.717, 1.165) is 34.7 Å². The lowest BCUT2D eigenvalue weighted by Crippen LogP contribution is -2.12. The van der Waals surface area contributed by atoms with E-state index in [4.69, 9.17) is 9.15 Å². The molecule has 4 rings (SSSR count). The van der Waals surface area contributed by atoms with Gasteiger partial charge in [-0.3, -0.25) is 4.79 Å². The molecular formula is C22H25N3O3. The van der Waals surface area contributed by atoms with Crippen LogP contribution in [0.15, 0.2) is 53.2 Å². The third kappa shape index (κ3) is 4.44. The van der Waals surface area contributed by atoms with E-state index in [9.17, 15) is 4.79 Å². The van der Waals surface area contributed by atoms with Crippen LogP contribution in [0.2, 0.25) is 0 Å². The zero-order chi connectivity index (χ0) is 19.5. The number of anilines is 1. The van der Waals surface area contributed by atoms with E-state index in [1.165, 1.54) is 6.42 Å². The van der Waals surface area contributed by atoms with Crippen LogP contribution in [0.5, 0.6) is 5.75 Å². The quantitative estimate of drug-likeness (QED) is 0.634. The van der Waals surface area contributed by atoms with Gasteiger partial charge in [0.2, 0.25) is 5.91 Å². The minimum Gasteiger partial charge on any atom is -0.486 e. The van der Waals surface area contributed by atoms with Crippen molar-refractivity contribution in [2.75, 3.05) is 5.32 Å². The number of nitrogens with one attached hydrogen (secondary N) is 1. The molecule has 28 heavy (non-hydrogen) atoms. The van der Waals surface area contributed by atoms with Crippen LogP contribution in [0.4, 0.5) is 5.69 Å². The maximum absolute atomic E-state index is 12.2. The summed E-state index contributed by atoms with van der Waals surface area (Å²) in [5.41, 5.74) is 0.751. The van der Waals surface area contributed by atoms with Crippen molar-refractivity contribution in [1.82, 2.24) is 9.55 Å². The molecule has 1 aromatic carbocycles. The highest BCUT2D eigenvalue weighted by Gasteiger charge is 2.36. The zero-order valence-corrected chi connectivity index (χ0v) is 16.2. The second-order valence-electron chi connectivity index (χ2n) is 7.44. The fraction of sp³-hybridized carbons (Fsp3) is 0.364. The van der Waals surface area contributed by atoms with Gasteiger partial charge in [0.05, 0.1) is 0 Å². The van der Waals surface area contributed by atoms with Crippen LogP contribution in [-0.2, 0) is 24.9 Å². The van der Waals surface area contributed by atoms with Crippen LogP contribution >= 0.6 is 0 Å². The molecule has 0 bridgehead atoms. The molecular weight excluding hydrogens is 354 g/mol. The molecule has 2 unspecified atom stereocenters. The number of amides is 1. The topological polar surface area (TPSA) is 69.3 Å². The molecule has 1 amide bonds. The highest BCUT2D eigenvalue weighted by atomic mass is 16.5. The molecule has 1 fully saturated rings. The molecule has 146 valence electrons. The standard InChI is InChI=1S/C22H25N3O3/c1-15-13-19(15)20-9-7-18(28-20)8-10-22(26)24-16-3-5-17(6-4-16)27-14-21-23-11-12-25(21)2/h3-7,9,11-12,15,19H,8,10,13-14H2,1-2H3,(H,24,26). The summed E-state index contributed by atoms with van der Waals surface area (Å²) < 4.78 is 13.5. The summed E-state index contributed by atoms with van der Waals surface area (Å²) in [6.45, 7) is 2.63. The lowest BCUT2D eigenvalue weighted by atomic mass is 10.2. The summed E-state index contributed by atoms with van der Waals surface area (Å²) in [6.07, 6.45) is 5.83. The molecule has 6 heteroatoms. The van der Waals surface area contributed by atoms with Gasteiger partial charge in [0.25, 0.3) is 0 Å². The summed E-state index contributed by atoms with van der Waals surface area (Å²) in [7, 11) is 1.93. The first-order chi connectivity index (χ1) is 13.6. The largest absolute Gasteiger partial charge is 0.486 e. The maximum Gasteiger partial charge on any atom is 0.224 e. The molecule has 1 N–H and O–H groups in total. The second kappa shape index (κ2) is 7.92. The number of nitrogens with zero attached hydrogens (tertiary/aromatic N) is 2. The van der Waals surface area contributed by atoms with E-state index in [1.54, 1.807) is 6.20 Å². The molecule has 3 aromatic rings. The van der Waals surface area contributed by atoms with Gasteiger partial charge in [-0.05, 0) is 48.7 Å². The highest BCUT2D eigenvalue weighted by Crippen LogP contribution is 2.47. The number of hydrogen-bond donors (Lipinski definition) is 1. The molecule has 0 radical (unpaired) electrons. The minimum atomic E-state index is -0.0283. The van der Waals surface area contributed by atoms with E-state index in [1.807, 2.05) is 54.2 Å². The molecule has 1 aliphatic rings. The van der Waals surface area contributed by atoms with Gasteiger partial charge in [-0.1, -0.05) is 6.92 Å². The van der Waals surface area contributed by atoms with Crippen LogP contribution in [0.25, 0.3) is 0 Å². The predicted molar refractivity (Wildman–Crippen MR) is 106 cm³/mol. The third-order valence-electron chi connectivity index (χ3n) is 5.18. The lowest BCUT2D eigenvalue weighted by Gasteiger charge is -2.08. The number of furan rings is 1. The Morgan fingerprint density at radius 1 is 1.29 bits per heavy atom. The van der Waals surface area contributed by atoms with Gasteiger partial charge < -0.3 is 19.0 Å². The third-order valence-corrected chi connectivity index (χ3v) is 5.18. The van der Waals surface area contributed by atoms with Crippen molar-refractivity contribution in [1.29, 1.82) is 0 Å². The van der Waals surface area contributed by atoms with E-state index in [-0.39, 0.29) is 5.91 Å². The molecule has 1 aliphatic carbocycles. The SMILES string of the molecule is CC1CC1c1ccc(CCC(=O)Nc2ccc(OCc3nccn3C)cc2)o1. The Morgan fingerprint density at radius 2 is 2.07 bits per heavy atom. The molecule has 2 heterocycles. The number of ether oxygens (including phenoxy) is 1. The first-order valence-electron chi connectivity index (χ1n) is 9.66. The Hall–Kier alpha value is -3.02.